The molecule has 1 N–H and O–H groups in total. The van der Waals surface area contributed by atoms with Gasteiger partial charge in [-0.15, -0.1) is 0 Å². The average molecular weight is 367 g/mol. The van der Waals surface area contributed by atoms with Gasteiger partial charge in [0.05, 0.1) is 25.4 Å². The highest BCUT2D eigenvalue weighted by Gasteiger charge is 2.31. The Hall–Kier alpha value is -2.40. The van der Waals surface area contributed by atoms with Gasteiger partial charge in [0.2, 0.25) is 5.91 Å². The van der Waals surface area contributed by atoms with Crippen molar-refractivity contribution in [1.82, 2.24) is 14.7 Å². The van der Waals surface area contributed by atoms with Crippen molar-refractivity contribution < 1.29 is 9.90 Å². The lowest BCUT2D eigenvalue weighted by Crippen LogP contribution is -2.35. The van der Waals surface area contributed by atoms with E-state index < -0.39 is 0 Å². The second-order valence-electron chi connectivity index (χ2n) is 7.14. The van der Waals surface area contributed by atoms with E-state index in [4.69, 9.17) is 0 Å². The Morgan fingerprint density at radius 2 is 2.26 bits per heavy atom. The number of amides is 1. The third-order valence-corrected chi connectivity index (χ3v) is 5.26. The number of aromatic nitrogens is 2. The zero-order valence-electron chi connectivity index (χ0n) is 16.1. The predicted octanol–water partition coefficient (Wildman–Crippen LogP) is 3.42. The maximum atomic E-state index is 12.7. The Balaban J connectivity index is 1.89. The zero-order chi connectivity index (χ0) is 19.2. The minimum absolute atomic E-state index is 0.00141. The highest BCUT2D eigenvalue weighted by molar-refractivity contribution is 5.87. The zero-order valence-corrected chi connectivity index (χ0v) is 16.1. The number of aryl methyl sites for hydroxylation is 1. The molecule has 2 aromatic rings. The molecule has 1 aliphatic carbocycles. The number of aliphatic hydroxyl groups is 1. The smallest absolute Gasteiger partial charge is 0.246 e. The van der Waals surface area contributed by atoms with Gasteiger partial charge in [-0.3, -0.25) is 9.48 Å². The molecule has 1 aromatic heterocycles. The average Bonchev–Trinajstić information content (AvgIpc) is 3.10. The number of hydrogen-bond donors (Lipinski definition) is 1. The van der Waals surface area contributed by atoms with Crippen molar-refractivity contribution in [3.05, 3.63) is 65.5 Å². The van der Waals surface area contributed by atoms with Crippen molar-refractivity contribution in [2.24, 2.45) is 0 Å². The van der Waals surface area contributed by atoms with Crippen molar-refractivity contribution >= 4 is 5.91 Å². The van der Waals surface area contributed by atoms with Crippen LogP contribution in [-0.4, -0.2) is 32.3 Å². The van der Waals surface area contributed by atoms with E-state index in [1.807, 2.05) is 15.8 Å². The van der Waals surface area contributed by atoms with Crippen molar-refractivity contribution in [1.29, 1.82) is 0 Å². The van der Waals surface area contributed by atoms with Crippen molar-refractivity contribution in [3.63, 3.8) is 0 Å². The lowest BCUT2D eigenvalue weighted by molar-refractivity contribution is -0.129. The maximum absolute atomic E-state index is 12.7. The molecule has 0 bridgehead atoms. The number of aliphatic hydroxyl groups excluding tert-OH is 1. The molecule has 1 unspecified atom stereocenters. The van der Waals surface area contributed by atoms with Crippen LogP contribution in [0.4, 0.5) is 0 Å². The van der Waals surface area contributed by atoms with Crippen LogP contribution in [0.3, 0.4) is 0 Å². The molecule has 144 valence electrons. The molecule has 0 spiro atoms. The molecule has 27 heavy (non-hydrogen) atoms. The second kappa shape index (κ2) is 9.00. The van der Waals surface area contributed by atoms with Crippen LogP contribution in [0.25, 0.3) is 0 Å². The van der Waals surface area contributed by atoms with Crippen molar-refractivity contribution in [2.45, 2.75) is 58.2 Å². The molecular formula is C22H29N3O2. The van der Waals surface area contributed by atoms with Gasteiger partial charge in [-0.2, -0.15) is 5.10 Å². The summed E-state index contributed by atoms with van der Waals surface area (Å²) in [6.07, 6.45) is 8.29. The summed E-state index contributed by atoms with van der Waals surface area (Å²) >= 11 is 0. The largest absolute Gasteiger partial charge is 0.394 e. The summed E-state index contributed by atoms with van der Waals surface area (Å²) < 4.78 is 1.87. The minimum atomic E-state index is -0.0522. The van der Waals surface area contributed by atoms with Gasteiger partial charge >= 0.3 is 0 Å². The molecule has 0 fully saturated rings. The highest BCUT2D eigenvalue weighted by Crippen LogP contribution is 2.35. The molecule has 5 nitrogen and oxygen atoms in total. The van der Waals surface area contributed by atoms with Crippen LogP contribution in [0.2, 0.25) is 0 Å². The van der Waals surface area contributed by atoms with Crippen LogP contribution >= 0.6 is 0 Å². The molecular weight excluding hydrogens is 338 g/mol. The first kappa shape index (κ1) is 19.4. The van der Waals surface area contributed by atoms with E-state index in [-0.39, 0.29) is 18.6 Å². The maximum Gasteiger partial charge on any atom is 0.246 e. The molecule has 1 aromatic carbocycles. The Bertz CT molecular complexity index is 797. The van der Waals surface area contributed by atoms with Gasteiger partial charge in [-0.25, -0.2) is 0 Å². The number of carbonyl (C=O) groups excluding carboxylic acids is 1. The normalized spacial score (nSPS) is 16.0. The quantitative estimate of drug-likeness (QED) is 0.727. The van der Waals surface area contributed by atoms with E-state index >= 15 is 0 Å². The van der Waals surface area contributed by atoms with Crippen molar-refractivity contribution in [2.75, 3.05) is 6.61 Å². The first-order chi connectivity index (χ1) is 13.2. The van der Waals surface area contributed by atoms with Crippen LogP contribution < -0.4 is 0 Å². The van der Waals surface area contributed by atoms with E-state index in [0.29, 0.717) is 13.1 Å². The number of rotatable bonds is 8. The van der Waals surface area contributed by atoms with Gasteiger partial charge in [0.25, 0.3) is 0 Å². The SMILES string of the molecule is C=CC(=O)N(Cc1cccc(CCC)c1)C1CCCc2c1cnn2CCO. The summed E-state index contributed by atoms with van der Waals surface area (Å²) in [5.74, 6) is -0.0522. The fourth-order valence-electron chi connectivity index (χ4n) is 4.03. The Morgan fingerprint density at radius 1 is 1.44 bits per heavy atom. The first-order valence-electron chi connectivity index (χ1n) is 9.84. The monoisotopic (exact) mass is 367 g/mol. The number of benzene rings is 1. The van der Waals surface area contributed by atoms with Crippen LogP contribution in [0.5, 0.6) is 0 Å². The van der Waals surface area contributed by atoms with E-state index in [1.54, 1.807) is 0 Å². The topological polar surface area (TPSA) is 58.4 Å². The minimum Gasteiger partial charge on any atom is -0.394 e. The lowest BCUT2D eigenvalue weighted by atomic mass is 9.91. The second-order valence-corrected chi connectivity index (χ2v) is 7.14. The molecule has 1 atom stereocenters. The molecule has 5 heteroatoms. The standard InChI is InChI=1S/C22H29N3O2/c1-3-7-17-8-5-9-18(14-17)16-24(22(27)4-2)20-10-6-11-21-19(20)15-23-25(21)12-13-26/h4-5,8-9,14-15,20,26H,2-3,6-7,10-13,16H2,1H3. The molecule has 1 amide bonds. The molecule has 0 saturated heterocycles. The predicted molar refractivity (Wildman–Crippen MR) is 106 cm³/mol. The number of hydrogen-bond acceptors (Lipinski definition) is 3. The summed E-state index contributed by atoms with van der Waals surface area (Å²) in [5.41, 5.74) is 4.70. The van der Waals surface area contributed by atoms with E-state index in [2.05, 4.69) is 42.9 Å². The van der Waals surface area contributed by atoms with Gasteiger partial charge in [0, 0.05) is 17.8 Å². The molecule has 1 aliphatic rings. The Labute approximate surface area is 161 Å². The first-order valence-corrected chi connectivity index (χ1v) is 9.84. The van der Waals surface area contributed by atoms with Gasteiger partial charge < -0.3 is 10.0 Å². The Kier molecular flexibility index (Phi) is 6.45. The van der Waals surface area contributed by atoms with E-state index in [1.165, 1.54) is 11.6 Å². The molecule has 3 rings (SSSR count). The van der Waals surface area contributed by atoms with Crippen LogP contribution in [0.15, 0.2) is 43.1 Å². The summed E-state index contributed by atoms with van der Waals surface area (Å²) in [4.78, 5) is 14.6. The summed E-state index contributed by atoms with van der Waals surface area (Å²) in [6, 6.07) is 8.50. The lowest BCUT2D eigenvalue weighted by Gasteiger charge is -2.34. The van der Waals surface area contributed by atoms with Gasteiger partial charge in [0.1, 0.15) is 0 Å². The molecule has 0 saturated carbocycles. The third-order valence-electron chi connectivity index (χ3n) is 5.26. The molecule has 0 aliphatic heterocycles. The van der Waals surface area contributed by atoms with Gasteiger partial charge in [0.15, 0.2) is 0 Å². The number of carbonyl (C=O) groups is 1. The van der Waals surface area contributed by atoms with Gasteiger partial charge in [-0.1, -0.05) is 44.2 Å². The van der Waals surface area contributed by atoms with Crippen LogP contribution in [0.1, 0.15) is 54.6 Å². The molecule has 1 heterocycles. The number of fused-ring (bicyclic) bond motifs is 1. The van der Waals surface area contributed by atoms with Crippen molar-refractivity contribution in [3.8, 4) is 0 Å². The fraction of sp³-hybridized carbons (Fsp3) is 0.455. The fourth-order valence-corrected chi connectivity index (χ4v) is 4.03. The van der Waals surface area contributed by atoms with Crippen LogP contribution in [0, 0.1) is 0 Å². The van der Waals surface area contributed by atoms with E-state index in [9.17, 15) is 9.90 Å². The number of nitrogens with zero attached hydrogens (tertiary/aromatic N) is 3. The summed E-state index contributed by atoms with van der Waals surface area (Å²) in [6.45, 7) is 7.02. The Morgan fingerprint density at radius 3 is 3.00 bits per heavy atom. The van der Waals surface area contributed by atoms with E-state index in [0.717, 1.165) is 48.9 Å². The summed E-state index contributed by atoms with van der Waals surface area (Å²) in [5, 5.41) is 13.7. The molecule has 0 radical (unpaired) electrons. The highest BCUT2D eigenvalue weighted by atomic mass is 16.3. The third kappa shape index (κ3) is 4.30. The van der Waals surface area contributed by atoms with Gasteiger partial charge in [-0.05, 0) is 42.9 Å². The van der Waals surface area contributed by atoms with Crippen LogP contribution in [-0.2, 0) is 30.7 Å². The summed E-state index contributed by atoms with van der Waals surface area (Å²) in [7, 11) is 0.